The highest BCUT2D eigenvalue weighted by molar-refractivity contribution is 7.16. The number of aryl methyl sites for hydroxylation is 4. The third kappa shape index (κ3) is 2.62. The van der Waals surface area contributed by atoms with Gasteiger partial charge in [0.15, 0.2) is 0 Å². The van der Waals surface area contributed by atoms with E-state index in [0.717, 1.165) is 32.5 Å². The zero-order valence-electron chi connectivity index (χ0n) is 13.1. The molecule has 0 saturated heterocycles. The van der Waals surface area contributed by atoms with Crippen LogP contribution in [0.15, 0.2) is 18.2 Å². The number of nitrogens with zero attached hydrogens (tertiary/aromatic N) is 3. The number of carbonyl (C=O) groups is 1. The first kappa shape index (κ1) is 14.7. The van der Waals surface area contributed by atoms with Crippen LogP contribution < -0.4 is 5.32 Å². The molecule has 22 heavy (non-hydrogen) atoms. The van der Waals surface area contributed by atoms with E-state index in [9.17, 15) is 4.79 Å². The van der Waals surface area contributed by atoms with Crippen molar-refractivity contribution in [1.82, 2.24) is 19.9 Å². The Morgan fingerprint density at radius 2 is 2.05 bits per heavy atom. The largest absolute Gasteiger partial charge is 0.346 e. The van der Waals surface area contributed by atoms with Crippen molar-refractivity contribution in [1.29, 1.82) is 0 Å². The van der Waals surface area contributed by atoms with Gasteiger partial charge < -0.3 is 5.32 Å². The van der Waals surface area contributed by atoms with Crippen LogP contribution in [0.1, 0.15) is 37.9 Å². The molecule has 0 spiro atoms. The third-order valence-corrected chi connectivity index (χ3v) is 4.46. The lowest BCUT2D eigenvalue weighted by Gasteiger charge is -2.08. The van der Waals surface area contributed by atoms with Gasteiger partial charge in [-0.1, -0.05) is 29.0 Å². The Bertz CT molecular complexity index is 863. The van der Waals surface area contributed by atoms with Gasteiger partial charge in [-0.3, -0.25) is 4.79 Å². The van der Waals surface area contributed by atoms with Gasteiger partial charge in [-0.15, -0.1) is 0 Å². The Morgan fingerprint density at radius 3 is 2.77 bits per heavy atom. The number of imidazole rings is 1. The Balaban J connectivity index is 1.81. The Kier molecular flexibility index (Phi) is 3.70. The van der Waals surface area contributed by atoms with E-state index < -0.39 is 0 Å². The summed E-state index contributed by atoms with van der Waals surface area (Å²) in [5.41, 5.74) is 4.67. The SMILES string of the molecule is Cc1ccc(C(=O)NCc2c(C)nc3sc(C)nn23)c(C)c1. The number of carbonyl (C=O) groups excluding carboxylic acids is 1. The fourth-order valence-corrected chi connectivity index (χ4v) is 3.32. The maximum Gasteiger partial charge on any atom is 0.251 e. The molecule has 0 saturated carbocycles. The molecule has 0 aliphatic heterocycles. The van der Waals surface area contributed by atoms with Gasteiger partial charge in [0.2, 0.25) is 4.96 Å². The molecule has 0 atom stereocenters. The van der Waals surface area contributed by atoms with Gasteiger partial charge in [0, 0.05) is 5.56 Å². The van der Waals surface area contributed by atoms with Crippen LogP contribution in [0.25, 0.3) is 4.96 Å². The smallest absolute Gasteiger partial charge is 0.251 e. The van der Waals surface area contributed by atoms with E-state index in [1.807, 2.05) is 50.4 Å². The van der Waals surface area contributed by atoms with Crippen molar-refractivity contribution in [3.05, 3.63) is 51.3 Å². The standard InChI is InChI=1S/C16H18N4OS/c1-9-5-6-13(10(2)7-9)15(21)17-8-14-11(3)18-16-20(14)19-12(4)22-16/h5-7H,8H2,1-4H3,(H,17,21). The van der Waals surface area contributed by atoms with Crippen LogP contribution in [0.4, 0.5) is 0 Å². The molecule has 2 heterocycles. The molecule has 6 heteroatoms. The number of hydrogen-bond acceptors (Lipinski definition) is 4. The fraction of sp³-hybridized carbons (Fsp3) is 0.312. The maximum atomic E-state index is 12.4. The Labute approximate surface area is 133 Å². The molecular formula is C16H18N4OS. The molecule has 5 nitrogen and oxygen atoms in total. The number of aromatic nitrogens is 3. The van der Waals surface area contributed by atoms with Crippen molar-refractivity contribution in [2.75, 3.05) is 0 Å². The first-order chi connectivity index (χ1) is 10.5. The minimum absolute atomic E-state index is 0.0706. The molecule has 3 rings (SSSR count). The first-order valence-electron chi connectivity index (χ1n) is 7.13. The second-order valence-corrected chi connectivity index (χ2v) is 6.62. The van der Waals surface area contributed by atoms with Crippen LogP contribution in [0.3, 0.4) is 0 Å². The second-order valence-electron chi connectivity index (χ2n) is 5.46. The fourth-order valence-electron chi connectivity index (χ4n) is 2.52. The molecule has 1 amide bonds. The number of benzene rings is 1. The minimum Gasteiger partial charge on any atom is -0.346 e. The number of amides is 1. The first-order valence-corrected chi connectivity index (χ1v) is 7.94. The van der Waals surface area contributed by atoms with E-state index in [4.69, 9.17) is 0 Å². The van der Waals surface area contributed by atoms with Gasteiger partial charge in [0.25, 0.3) is 5.91 Å². The van der Waals surface area contributed by atoms with Gasteiger partial charge in [0.05, 0.1) is 17.9 Å². The molecule has 0 aliphatic carbocycles. The van der Waals surface area contributed by atoms with Crippen LogP contribution in [-0.2, 0) is 6.54 Å². The molecule has 0 fully saturated rings. The Morgan fingerprint density at radius 1 is 1.27 bits per heavy atom. The van der Waals surface area contributed by atoms with Crippen LogP contribution in [0.5, 0.6) is 0 Å². The van der Waals surface area contributed by atoms with Crippen molar-refractivity contribution in [2.24, 2.45) is 0 Å². The van der Waals surface area contributed by atoms with Crippen molar-refractivity contribution in [3.63, 3.8) is 0 Å². The average molecular weight is 314 g/mol. The summed E-state index contributed by atoms with van der Waals surface area (Å²) in [6, 6.07) is 5.83. The minimum atomic E-state index is -0.0706. The summed E-state index contributed by atoms with van der Waals surface area (Å²) >= 11 is 1.55. The second kappa shape index (κ2) is 5.53. The summed E-state index contributed by atoms with van der Waals surface area (Å²) in [5.74, 6) is -0.0706. The zero-order chi connectivity index (χ0) is 15.9. The van der Waals surface area contributed by atoms with E-state index in [1.165, 1.54) is 0 Å². The van der Waals surface area contributed by atoms with Crippen LogP contribution in [0.2, 0.25) is 0 Å². The molecule has 1 aromatic carbocycles. The number of nitrogens with one attached hydrogen (secondary N) is 1. The van der Waals surface area contributed by atoms with Crippen molar-refractivity contribution in [2.45, 2.75) is 34.2 Å². The molecular weight excluding hydrogens is 296 g/mol. The Hall–Kier alpha value is -2.21. The molecule has 0 bridgehead atoms. The molecule has 0 aliphatic rings. The molecule has 3 aromatic rings. The summed E-state index contributed by atoms with van der Waals surface area (Å²) < 4.78 is 1.82. The summed E-state index contributed by atoms with van der Waals surface area (Å²) in [4.78, 5) is 17.7. The third-order valence-electron chi connectivity index (χ3n) is 3.64. The summed E-state index contributed by atoms with van der Waals surface area (Å²) in [5, 5.41) is 8.37. The molecule has 0 unspecified atom stereocenters. The number of fused-ring (bicyclic) bond motifs is 1. The molecule has 2 aromatic heterocycles. The van der Waals surface area contributed by atoms with Crippen molar-refractivity contribution >= 4 is 22.2 Å². The molecule has 0 radical (unpaired) electrons. The lowest BCUT2D eigenvalue weighted by atomic mass is 10.1. The quantitative estimate of drug-likeness (QED) is 0.808. The van der Waals surface area contributed by atoms with Gasteiger partial charge >= 0.3 is 0 Å². The monoisotopic (exact) mass is 314 g/mol. The van der Waals surface area contributed by atoms with Gasteiger partial charge in [-0.2, -0.15) is 5.10 Å². The highest BCUT2D eigenvalue weighted by Gasteiger charge is 2.14. The van der Waals surface area contributed by atoms with Crippen LogP contribution in [0, 0.1) is 27.7 Å². The van der Waals surface area contributed by atoms with Crippen LogP contribution in [-0.4, -0.2) is 20.5 Å². The average Bonchev–Trinajstić information content (AvgIpc) is 2.91. The van der Waals surface area contributed by atoms with Gasteiger partial charge in [-0.05, 0) is 39.3 Å². The van der Waals surface area contributed by atoms with Gasteiger partial charge in [-0.25, -0.2) is 9.50 Å². The van der Waals surface area contributed by atoms with Gasteiger partial charge in [0.1, 0.15) is 5.01 Å². The summed E-state index contributed by atoms with van der Waals surface area (Å²) in [7, 11) is 0. The van der Waals surface area contributed by atoms with Crippen molar-refractivity contribution < 1.29 is 4.79 Å². The molecule has 114 valence electrons. The lowest BCUT2D eigenvalue weighted by molar-refractivity contribution is 0.0949. The maximum absolute atomic E-state index is 12.4. The summed E-state index contributed by atoms with van der Waals surface area (Å²) in [6.07, 6.45) is 0. The lowest BCUT2D eigenvalue weighted by Crippen LogP contribution is -2.24. The predicted octanol–water partition coefficient (Wildman–Crippen LogP) is 2.95. The van der Waals surface area contributed by atoms with E-state index in [2.05, 4.69) is 15.4 Å². The van der Waals surface area contributed by atoms with Crippen LogP contribution >= 0.6 is 11.3 Å². The summed E-state index contributed by atoms with van der Waals surface area (Å²) in [6.45, 7) is 8.28. The van der Waals surface area contributed by atoms with E-state index in [-0.39, 0.29) is 5.91 Å². The normalized spacial score (nSPS) is 11.1. The topological polar surface area (TPSA) is 59.3 Å². The number of hydrogen-bond donors (Lipinski definition) is 1. The highest BCUT2D eigenvalue weighted by atomic mass is 32.1. The predicted molar refractivity (Wildman–Crippen MR) is 87.4 cm³/mol. The van der Waals surface area contributed by atoms with E-state index in [0.29, 0.717) is 12.1 Å². The highest BCUT2D eigenvalue weighted by Crippen LogP contribution is 2.18. The van der Waals surface area contributed by atoms with E-state index >= 15 is 0 Å². The van der Waals surface area contributed by atoms with Crippen molar-refractivity contribution in [3.8, 4) is 0 Å². The zero-order valence-corrected chi connectivity index (χ0v) is 13.9. The number of rotatable bonds is 3. The van der Waals surface area contributed by atoms with E-state index in [1.54, 1.807) is 11.3 Å². The molecule has 1 N–H and O–H groups in total.